The van der Waals surface area contributed by atoms with Crippen molar-refractivity contribution >= 4 is 17.9 Å². The van der Waals surface area contributed by atoms with Crippen LogP contribution in [0.4, 0.5) is 4.79 Å². The largest absolute Gasteiger partial charge is 0.482 e. The van der Waals surface area contributed by atoms with Gasteiger partial charge in [-0.2, -0.15) is 0 Å². The molecule has 7 heteroatoms. The average Bonchev–Trinajstić information content (AvgIpc) is 2.65. The highest BCUT2D eigenvalue weighted by atomic mass is 16.6. The molecule has 2 aromatic carbocycles. The van der Waals surface area contributed by atoms with Gasteiger partial charge in [0, 0.05) is 12.6 Å². The van der Waals surface area contributed by atoms with Gasteiger partial charge in [-0.25, -0.2) is 9.59 Å². The second kappa shape index (κ2) is 9.22. The van der Waals surface area contributed by atoms with Crippen molar-refractivity contribution in [1.82, 2.24) is 10.6 Å². The van der Waals surface area contributed by atoms with Gasteiger partial charge in [0.05, 0.1) is 0 Å². The number of nitrogens with one attached hydrogen (secondary N) is 2. The fourth-order valence-electron chi connectivity index (χ4n) is 2.15. The summed E-state index contributed by atoms with van der Waals surface area (Å²) >= 11 is 0. The molecule has 0 bridgehead atoms. The Morgan fingerprint density at radius 2 is 1.77 bits per heavy atom. The lowest BCUT2D eigenvalue weighted by atomic mass is 10.1. The summed E-state index contributed by atoms with van der Waals surface area (Å²) in [6.07, 6.45) is -1.26. The van der Waals surface area contributed by atoms with Crippen molar-refractivity contribution in [3.8, 4) is 5.75 Å². The Morgan fingerprint density at radius 3 is 2.42 bits per heavy atom. The van der Waals surface area contributed by atoms with E-state index in [0.29, 0.717) is 11.3 Å². The normalized spacial score (nSPS) is 11.2. The number of amides is 3. The van der Waals surface area contributed by atoms with Crippen LogP contribution >= 0.6 is 0 Å². The van der Waals surface area contributed by atoms with Gasteiger partial charge in [-0.05, 0) is 24.6 Å². The Balaban J connectivity index is 2.04. The number of imide groups is 1. The molecule has 7 nitrogen and oxygen atoms in total. The summed E-state index contributed by atoms with van der Waals surface area (Å²) in [6.45, 7) is 1.54. The summed E-state index contributed by atoms with van der Waals surface area (Å²) in [5, 5.41) is 4.38. The van der Waals surface area contributed by atoms with Gasteiger partial charge in [-0.3, -0.25) is 10.1 Å². The molecule has 0 aliphatic carbocycles. The van der Waals surface area contributed by atoms with Crippen molar-refractivity contribution in [2.24, 2.45) is 0 Å². The molecule has 0 fully saturated rings. The molecule has 26 heavy (non-hydrogen) atoms. The van der Waals surface area contributed by atoms with E-state index in [1.807, 2.05) is 13.0 Å². The quantitative estimate of drug-likeness (QED) is 0.773. The molecule has 0 saturated carbocycles. The number of carbonyl (C=O) groups excluding carboxylic acids is 3. The van der Waals surface area contributed by atoms with Crippen LogP contribution in [0.5, 0.6) is 5.75 Å². The van der Waals surface area contributed by atoms with Gasteiger partial charge < -0.3 is 14.8 Å². The first kappa shape index (κ1) is 19.0. The molecule has 0 unspecified atom stereocenters. The van der Waals surface area contributed by atoms with Gasteiger partial charge in [0.1, 0.15) is 5.75 Å². The summed E-state index contributed by atoms with van der Waals surface area (Å²) in [5.74, 6) is -0.958. The zero-order valence-corrected chi connectivity index (χ0v) is 14.5. The molecular weight excluding hydrogens is 336 g/mol. The maximum atomic E-state index is 12.3. The number of urea groups is 1. The number of hydrogen-bond acceptors (Lipinski definition) is 5. The predicted octanol–water partition coefficient (Wildman–Crippen LogP) is 2.11. The highest BCUT2D eigenvalue weighted by Gasteiger charge is 2.26. The topological polar surface area (TPSA) is 93.7 Å². The molecule has 3 amide bonds. The summed E-state index contributed by atoms with van der Waals surface area (Å²) in [5.41, 5.74) is 1.43. The first-order valence-corrected chi connectivity index (χ1v) is 7.96. The van der Waals surface area contributed by atoms with E-state index in [2.05, 4.69) is 10.6 Å². The fraction of sp³-hybridized carbons (Fsp3) is 0.211. The minimum atomic E-state index is -1.26. The summed E-state index contributed by atoms with van der Waals surface area (Å²) < 4.78 is 10.6. The third kappa shape index (κ3) is 5.62. The molecule has 0 spiro atoms. The Kier molecular flexibility index (Phi) is 6.73. The molecular formula is C19H20N2O5. The highest BCUT2D eigenvalue weighted by molar-refractivity contribution is 5.97. The predicted molar refractivity (Wildman–Crippen MR) is 94.5 cm³/mol. The van der Waals surface area contributed by atoms with Crippen molar-refractivity contribution in [2.75, 3.05) is 13.7 Å². The molecule has 2 N–H and O–H groups in total. The minimum absolute atomic E-state index is 0.361. The van der Waals surface area contributed by atoms with E-state index in [4.69, 9.17) is 9.47 Å². The van der Waals surface area contributed by atoms with Crippen LogP contribution in [0.2, 0.25) is 0 Å². The highest BCUT2D eigenvalue weighted by Crippen LogP contribution is 2.18. The summed E-state index contributed by atoms with van der Waals surface area (Å²) in [6, 6.07) is 14.9. The third-order valence-corrected chi connectivity index (χ3v) is 3.40. The van der Waals surface area contributed by atoms with Crippen molar-refractivity contribution in [3.05, 3.63) is 65.7 Å². The lowest BCUT2D eigenvalue weighted by Crippen LogP contribution is -2.41. The second-order valence-corrected chi connectivity index (χ2v) is 5.45. The molecule has 1 atom stereocenters. The molecule has 136 valence electrons. The van der Waals surface area contributed by atoms with Crippen LogP contribution in [0.1, 0.15) is 17.2 Å². The van der Waals surface area contributed by atoms with Crippen LogP contribution in [-0.2, 0) is 14.3 Å². The van der Waals surface area contributed by atoms with Crippen molar-refractivity contribution < 1.29 is 23.9 Å². The molecule has 0 saturated heterocycles. The van der Waals surface area contributed by atoms with E-state index >= 15 is 0 Å². The van der Waals surface area contributed by atoms with E-state index in [9.17, 15) is 14.4 Å². The zero-order valence-electron chi connectivity index (χ0n) is 14.5. The van der Waals surface area contributed by atoms with E-state index in [1.54, 1.807) is 48.5 Å². The molecule has 0 aromatic heterocycles. The maximum Gasteiger partial charge on any atom is 0.345 e. The van der Waals surface area contributed by atoms with E-state index in [0.717, 1.165) is 5.56 Å². The smallest absolute Gasteiger partial charge is 0.345 e. The zero-order chi connectivity index (χ0) is 18.9. The SMILES string of the molecule is CNC(=O)NC(=O)[C@@H](OC(=O)COc1cccc(C)c1)c1ccccc1. The molecule has 2 aromatic rings. The fourth-order valence-corrected chi connectivity index (χ4v) is 2.15. The first-order valence-electron chi connectivity index (χ1n) is 7.96. The van der Waals surface area contributed by atoms with Crippen molar-refractivity contribution in [1.29, 1.82) is 0 Å². The molecule has 0 aliphatic rings. The second-order valence-electron chi connectivity index (χ2n) is 5.45. The minimum Gasteiger partial charge on any atom is -0.482 e. The molecule has 0 heterocycles. The number of carbonyl (C=O) groups is 3. The van der Waals surface area contributed by atoms with E-state index in [1.165, 1.54) is 7.05 Å². The Hall–Kier alpha value is -3.35. The van der Waals surface area contributed by atoms with Crippen LogP contribution in [0, 0.1) is 6.92 Å². The number of ether oxygens (including phenoxy) is 2. The number of aryl methyl sites for hydroxylation is 1. The van der Waals surface area contributed by atoms with Gasteiger partial charge in [0.2, 0.25) is 6.10 Å². The number of benzene rings is 2. The Morgan fingerprint density at radius 1 is 1.04 bits per heavy atom. The van der Waals surface area contributed by atoms with Gasteiger partial charge in [-0.1, -0.05) is 42.5 Å². The molecule has 0 radical (unpaired) electrons. The van der Waals surface area contributed by atoms with E-state index < -0.39 is 24.0 Å². The molecule has 0 aliphatic heterocycles. The monoisotopic (exact) mass is 356 g/mol. The Bertz CT molecular complexity index is 777. The lowest BCUT2D eigenvalue weighted by Gasteiger charge is -2.17. The standard InChI is InChI=1S/C19H20N2O5/c1-13-7-6-10-15(11-13)25-12-16(22)26-17(14-8-4-3-5-9-14)18(23)21-19(24)20-2/h3-11,17H,12H2,1-2H3,(H2,20,21,23,24)/t17-/m0/s1. The number of esters is 1. The van der Waals surface area contributed by atoms with Crippen LogP contribution in [-0.4, -0.2) is 31.6 Å². The van der Waals surface area contributed by atoms with Gasteiger partial charge in [0.15, 0.2) is 6.61 Å². The summed E-state index contributed by atoms with van der Waals surface area (Å²) in [4.78, 5) is 35.8. The summed E-state index contributed by atoms with van der Waals surface area (Å²) in [7, 11) is 1.38. The maximum absolute atomic E-state index is 12.3. The third-order valence-electron chi connectivity index (χ3n) is 3.40. The van der Waals surface area contributed by atoms with Gasteiger partial charge in [-0.15, -0.1) is 0 Å². The van der Waals surface area contributed by atoms with Crippen LogP contribution < -0.4 is 15.4 Å². The van der Waals surface area contributed by atoms with Gasteiger partial charge in [0.25, 0.3) is 5.91 Å². The Labute approximate surface area is 151 Å². The number of rotatable bonds is 6. The van der Waals surface area contributed by atoms with Crippen molar-refractivity contribution in [3.63, 3.8) is 0 Å². The van der Waals surface area contributed by atoms with Crippen LogP contribution in [0.15, 0.2) is 54.6 Å². The first-order chi connectivity index (χ1) is 12.5. The average molecular weight is 356 g/mol. The molecule has 2 rings (SSSR count). The van der Waals surface area contributed by atoms with Crippen LogP contribution in [0.3, 0.4) is 0 Å². The van der Waals surface area contributed by atoms with E-state index in [-0.39, 0.29) is 6.61 Å². The van der Waals surface area contributed by atoms with Crippen LogP contribution in [0.25, 0.3) is 0 Å². The lowest BCUT2D eigenvalue weighted by molar-refractivity contribution is -0.158. The van der Waals surface area contributed by atoms with Gasteiger partial charge >= 0.3 is 12.0 Å². The van der Waals surface area contributed by atoms with Crippen molar-refractivity contribution in [2.45, 2.75) is 13.0 Å². The number of hydrogen-bond donors (Lipinski definition) is 2.